The third-order valence-corrected chi connectivity index (χ3v) is 5.34. The monoisotopic (exact) mass is 362 g/mol. The number of benzene rings is 2. The van der Waals surface area contributed by atoms with Crippen molar-refractivity contribution in [1.82, 2.24) is 4.57 Å². The molecule has 4 nitrogen and oxygen atoms in total. The Morgan fingerprint density at radius 3 is 2.27 bits per heavy atom. The molecule has 1 heterocycles. The summed E-state index contributed by atoms with van der Waals surface area (Å²) >= 11 is 1.37. The zero-order chi connectivity index (χ0) is 18.8. The van der Waals surface area contributed by atoms with E-state index in [4.69, 9.17) is 0 Å². The molecular formula is C21H18N2O2S. The predicted octanol–water partition coefficient (Wildman–Crippen LogP) is 4.96. The van der Waals surface area contributed by atoms with Crippen molar-refractivity contribution < 1.29 is 9.90 Å². The van der Waals surface area contributed by atoms with Crippen molar-refractivity contribution in [2.75, 3.05) is 6.26 Å². The number of nitriles is 1. The smallest absolute Gasteiger partial charge is 0.353 e. The van der Waals surface area contributed by atoms with Crippen LogP contribution in [0.4, 0.5) is 0 Å². The minimum Gasteiger partial charge on any atom is -0.477 e. The van der Waals surface area contributed by atoms with Crippen LogP contribution in [-0.2, 0) is 7.05 Å². The molecule has 0 aliphatic rings. The summed E-state index contributed by atoms with van der Waals surface area (Å²) in [5.74, 6) is -1.04. The van der Waals surface area contributed by atoms with Crippen molar-refractivity contribution in [3.05, 3.63) is 65.4 Å². The van der Waals surface area contributed by atoms with Gasteiger partial charge in [-0.1, -0.05) is 48.5 Å². The van der Waals surface area contributed by atoms with Crippen LogP contribution in [0.5, 0.6) is 0 Å². The molecule has 0 fully saturated rings. The van der Waals surface area contributed by atoms with E-state index in [9.17, 15) is 15.2 Å². The van der Waals surface area contributed by atoms with Crippen LogP contribution in [0.1, 0.15) is 21.6 Å². The first-order chi connectivity index (χ1) is 12.5. The zero-order valence-electron chi connectivity index (χ0n) is 14.8. The molecule has 0 saturated heterocycles. The van der Waals surface area contributed by atoms with E-state index in [1.54, 1.807) is 11.6 Å². The fourth-order valence-corrected chi connectivity index (χ4v) is 3.97. The Balaban J connectivity index is 2.18. The lowest BCUT2D eigenvalue weighted by molar-refractivity contribution is 0.0686. The molecule has 3 rings (SSSR count). The number of hydrogen-bond donors (Lipinski definition) is 1. The van der Waals surface area contributed by atoms with Gasteiger partial charge in [0.05, 0.1) is 10.6 Å². The van der Waals surface area contributed by atoms with Gasteiger partial charge in [-0.2, -0.15) is 5.26 Å². The molecule has 0 saturated carbocycles. The first kappa shape index (κ1) is 17.8. The second kappa shape index (κ2) is 7.11. The van der Waals surface area contributed by atoms with Crippen molar-refractivity contribution >= 4 is 17.7 Å². The van der Waals surface area contributed by atoms with Crippen molar-refractivity contribution in [2.24, 2.45) is 7.05 Å². The summed E-state index contributed by atoms with van der Waals surface area (Å²) in [6.07, 6.45) is 1.84. The molecular weight excluding hydrogens is 344 g/mol. The van der Waals surface area contributed by atoms with Crippen molar-refractivity contribution in [3.63, 3.8) is 0 Å². The van der Waals surface area contributed by atoms with Crippen LogP contribution < -0.4 is 0 Å². The number of aromatic carboxylic acids is 1. The highest BCUT2D eigenvalue weighted by molar-refractivity contribution is 7.98. The Kier molecular flexibility index (Phi) is 4.88. The Labute approximate surface area is 156 Å². The average molecular weight is 362 g/mol. The zero-order valence-corrected chi connectivity index (χ0v) is 15.6. The molecule has 0 radical (unpaired) electrons. The number of carbonyl (C=O) groups is 1. The number of thioether (sulfide) groups is 1. The summed E-state index contributed by atoms with van der Waals surface area (Å²) in [7, 11) is 1.68. The minimum absolute atomic E-state index is 0.134. The van der Waals surface area contributed by atoms with Crippen molar-refractivity contribution in [2.45, 2.75) is 11.9 Å². The van der Waals surface area contributed by atoms with Crippen LogP contribution in [0.3, 0.4) is 0 Å². The molecule has 0 aliphatic heterocycles. The number of aromatic nitrogens is 1. The van der Waals surface area contributed by atoms with Gasteiger partial charge in [0, 0.05) is 12.6 Å². The molecule has 0 aliphatic carbocycles. The van der Waals surface area contributed by atoms with E-state index in [-0.39, 0.29) is 5.69 Å². The second-order valence-electron chi connectivity index (χ2n) is 5.98. The van der Waals surface area contributed by atoms with Gasteiger partial charge in [-0.05, 0) is 35.4 Å². The molecule has 3 aromatic rings. The van der Waals surface area contributed by atoms with Gasteiger partial charge in [0.2, 0.25) is 0 Å². The maximum absolute atomic E-state index is 11.8. The lowest BCUT2D eigenvalue weighted by atomic mass is 9.96. The van der Waals surface area contributed by atoms with Gasteiger partial charge in [-0.25, -0.2) is 4.79 Å². The normalized spacial score (nSPS) is 10.5. The van der Waals surface area contributed by atoms with Crippen LogP contribution >= 0.6 is 11.8 Å². The third-order valence-electron chi connectivity index (χ3n) is 4.48. The number of hydrogen-bond acceptors (Lipinski definition) is 3. The largest absolute Gasteiger partial charge is 0.477 e. The molecule has 1 N–H and O–H groups in total. The fourth-order valence-electron chi connectivity index (χ4n) is 3.25. The Hall–Kier alpha value is -2.97. The maximum atomic E-state index is 11.8. The topological polar surface area (TPSA) is 66.0 Å². The Bertz CT molecular complexity index is 1030. The lowest BCUT2D eigenvalue weighted by Crippen LogP contribution is -2.06. The average Bonchev–Trinajstić information content (AvgIpc) is 2.94. The van der Waals surface area contributed by atoms with E-state index in [1.165, 1.54) is 17.3 Å². The standard InChI is InChI=1S/C21H18N2O2S/c1-13-6-4-5-7-16(13)14-8-10-15(11-9-14)18-17(12-22)20(26-3)23(2)19(18)21(24)25/h4-11H,1-3H3,(H,24,25). The van der Waals surface area contributed by atoms with Gasteiger partial charge >= 0.3 is 5.97 Å². The number of rotatable bonds is 4. The molecule has 0 unspecified atom stereocenters. The van der Waals surface area contributed by atoms with E-state index in [0.717, 1.165) is 16.7 Å². The van der Waals surface area contributed by atoms with E-state index >= 15 is 0 Å². The number of carboxylic acid groups (broad SMARTS) is 1. The van der Waals surface area contributed by atoms with E-state index in [0.29, 0.717) is 16.2 Å². The first-order valence-corrected chi connectivity index (χ1v) is 9.28. The second-order valence-corrected chi connectivity index (χ2v) is 6.77. The van der Waals surface area contributed by atoms with Gasteiger partial charge in [-0.3, -0.25) is 0 Å². The Morgan fingerprint density at radius 1 is 1.12 bits per heavy atom. The van der Waals surface area contributed by atoms with Crippen LogP contribution in [0.2, 0.25) is 0 Å². The molecule has 0 spiro atoms. The fraction of sp³-hybridized carbons (Fsp3) is 0.143. The molecule has 0 atom stereocenters. The van der Waals surface area contributed by atoms with E-state index in [2.05, 4.69) is 25.1 Å². The summed E-state index contributed by atoms with van der Waals surface area (Å²) in [5, 5.41) is 19.9. The minimum atomic E-state index is -1.04. The summed E-state index contributed by atoms with van der Waals surface area (Å²) in [6.45, 7) is 2.06. The van der Waals surface area contributed by atoms with E-state index in [1.807, 2.05) is 42.7 Å². The SMILES string of the molecule is CSc1c(C#N)c(-c2ccc(-c3ccccc3C)cc2)c(C(=O)O)n1C. The van der Waals surface area contributed by atoms with Gasteiger partial charge in [-0.15, -0.1) is 11.8 Å². The molecule has 2 aromatic carbocycles. The van der Waals surface area contributed by atoms with E-state index < -0.39 is 5.97 Å². The molecule has 130 valence electrons. The maximum Gasteiger partial charge on any atom is 0.353 e. The predicted molar refractivity (Wildman–Crippen MR) is 104 cm³/mol. The van der Waals surface area contributed by atoms with Crippen molar-refractivity contribution in [1.29, 1.82) is 5.26 Å². The number of nitrogens with zero attached hydrogens (tertiary/aromatic N) is 2. The van der Waals surface area contributed by atoms with Crippen LogP contribution in [0, 0.1) is 18.3 Å². The quantitative estimate of drug-likeness (QED) is 0.666. The number of aryl methyl sites for hydroxylation is 1. The number of carboxylic acids is 1. The highest BCUT2D eigenvalue weighted by atomic mass is 32.2. The van der Waals surface area contributed by atoms with Gasteiger partial charge in [0.1, 0.15) is 11.8 Å². The van der Waals surface area contributed by atoms with Gasteiger partial charge < -0.3 is 9.67 Å². The van der Waals surface area contributed by atoms with Crippen LogP contribution in [-0.4, -0.2) is 21.9 Å². The lowest BCUT2D eigenvalue weighted by Gasteiger charge is -2.08. The summed E-state index contributed by atoms with van der Waals surface area (Å²) in [5.41, 5.74) is 5.11. The first-order valence-electron chi connectivity index (χ1n) is 8.06. The summed E-state index contributed by atoms with van der Waals surface area (Å²) in [6, 6.07) is 18.0. The van der Waals surface area contributed by atoms with Gasteiger partial charge in [0.15, 0.2) is 0 Å². The molecule has 0 amide bonds. The van der Waals surface area contributed by atoms with Crippen LogP contribution in [0.25, 0.3) is 22.3 Å². The van der Waals surface area contributed by atoms with Gasteiger partial charge in [0.25, 0.3) is 0 Å². The highest BCUT2D eigenvalue weighted by Gasteiger charge is 2.26. The molecule has 26 heavy (non-hydrogen) atoms. The van der Waals surface area contributed by atoms with Crippen LogP contribution in [0.15, 0.2) is 53.6 Å². The summed E-state index contributed by atoms with van der Waals surface area (Å²) in [4.78, 5) is 11.8. The van der Waals surface area contributed by atoms with Crippen molar-refractivity contribution in [3.8, 4) is 28.3 Å². The molecule has 1 aromatic heterocycles. The molecule has 5 heteroatoms. The Morgan fingerprint density at radius 2 is 1.73 bits per heavy atom. The third kappa shape index (κ3) is 2.89. The molecule has 0 bridgehead atoms. The summed E-state index contributed by atoms with van der Waals surface area (Å²) < 4.78 is 1.58. The highest BCUT2D eigenvalue weighted by Crippen LogP contribution is 2.37.